The van der Waals surface area contributed by atoms with Gasteiger partial charge in [0.05, 0.1) is 6.10 Å². The molecular weight excluding hydrogens is 255 g/mol. The lowest BCUT2D eigenvalue weighted by molar-refractivity contribution is 0.0270. The Morgan fingerprint density at radius 2 is 2.10 bits per heavy atom. The van der Waals surface area contributed by atoms with Crippen LogP contribution < -0.4 is 4.74 Å². The Kier molecular flexibility index (Phi) is 3.55. The summed E-state index contributed by atoms with van der Waals surface area (Å²) in [7, 11) is 0. The first-order valence-corrected chi connectivity index (χ1v) is 7.34. The van der Waals surface area contributed by atoms with Crippen molar-refractivity contribution < 1.29 is 14.2 Å². The zero-order valence-corrected chi connectivity index (χ0v) is 12.0. The van der Waals surface area contributed by atoms with Gasteiger partial charge in [0.2, 0.25) is 0 Å². The van der Waals surface area contributed by atoms with Crippen molar-refractivity contribution in [3.8, 4) is 5.75 Å². The highest BCUT2D eigenvalue weighted by Crippen LogP contribution is 2.41. The summed E-state index contributed by atoms with van der Waals surface area (Å²) in [6.45, 7) is 4.36. The van der Waals surface area contributed by atoms with Gasteiger partial charge >= 0.3 is 0 Å². The Morgan fingerprint density at radius 1 is 1.30 bits per heavy atom. The number of hydrogen-bond acceptors (Lipinski definition) is 2. The first-order valence-electron chi connectivity index (χ1n) is 7.34. The fourth-order valence-corrected chi connectivity index (χ4v) is 3.61. The molecule has 1 heterocycles. The van der Waals surface area contributed by atoms with Crippen LogP contribution in [0.5, 0.6) is 5.75 Å². The lowest BCUT2D eigenvalue weighted by Crippen LogP contribution is -2.35. The Bertz CT molecular complexity index is 538. The third-order valence-electron chi connectivity index (χ3n) is 4.42. The van der Waals surface area contributed by atoms with Crippen LogP contribution in [0.25, 0.3) is 0 Å². The van der Waals surface area contributed by atoms with E-state index >= 15 is 0 Å². The number of allylic oxidation sites excluding steroid dienone is 2. The molecule has 0 radical (unpaired) electrons. The van der Waals surface area contributed by atoms with E-state index in [1.165, 1.54) is 17.7 Å². The molecule has 0 aromatic heterocycles. The monoisotopic (exact) mass is 276 g/mol. The Hall–Kier alpha value is -1.35. The number of ether oxygens (including phenoxy) is 1. The maximum atomic E-state index is 13.3. The summed E-state index contributed by atoms with van der Waals surface area (Å²) in [4.78, 5) is 0. The Labute approximate surface area is 119 Å². The lowest BCUT2D eigenvalue weighted by Gasteiger charge is -2.37. The van der Waals surface area contributed by atoms with Crippen molar-refractivity contribution in [1.29, 1.82) is 0 Å². The second kappa shape index (κ2) is 5.21. The van der Waals surface area contributed by atoms with Crippen LogP contribution in [-0.4, -0.2) is 11.2 Å². The zero-order valence-electron chi connectivity index (χ0n) is 12.0. The Morgan fingerprint density at radius 3 is 2.85 bits per heavy atom. The standard InChI is InChI=1S/C17H21FO2/c1-10-5-11(2)7-12(6-10)16-9-15(19)14-4-3-13(18)8-17(14)20-16/h3-5,8,10,12,15-16,19H,6-7,9H2,1-2H3/t10?,12?,15-,16?/m0/s1. The molecule has 20 heavy (non-hydrogen) atoms. The summed E-state index contributed by atoms with van der Waals surface area (Å²) in [5.41, 5.74) is 2.09. The molecule has 1 aliphatic carbocycles. The summed E-state index contributed by atoms with van der Waals surface area (Å²) in [6.07, 6.45) is 4.41. The smallest absolute Gasteiger partial charge is 0.128 e. The van der Waals surface area contributed by atoms with Crippen molar-refractivity contribution in [2.75, 3.05) is 0 Å². The van der Waals surface area contributed by atoms with Crippen molar-refractivity contribution in [2.24, 2.45) is 11.8 Å². The van der Waals surface area contributed by atoms with Crippen LogP contribution in [0.1, 0.15) is 44.8 Å². The van der Waals surface area contributed by atoms with E-state index in [0.717, 1.165) is 12.8 Å². The third kappa shape index (κ3) is 2.59. The second-order valence-electron chi connectivity index (χ2n) is 6.28. The average Bonchev–Trinajstić information content (AvgIpc) is 2.36. The number of benzene rings is 1. The highest BCUT2D eigenvalue weighted by Gasteiger charge is 2.34. The molecule has 0 saturated heterocycles. The van der Waals surface area contributed by atoms with Gasteiger partial charge in [0.25, 0.3) is 0 Å². The van der Waals surface area contributed by atoms with Crippen molar-refractivity contribution in [1.82, 2.24) is 0 Å². The summed E-state index contributed by atoms with van der Waals surface area (Å²) in [5.74, 6) is 1.14. The number of halogens is 1. The Balaban J connectivity index is 1.82. The highest BCUT2D eigenvalue weighted by molar-refractivity contribution is 5.37. The quantitative estimate of drug-likeness (QED) is 0.785. The van der Waals surface area contributed by atoms with Crippen molar-refractivity contribution in [3.05, 3.63) is 41.2 Å². The van der Waals surface area contributed by atoms with Crippen LogP contribution >= 0.6 is 0 Å². The van der Waals surface area contributed by atoms with Gasteiger partial charge in [-0.2, -0.15) is 0 Å². The van der Waals surface area contributed by atoms with Gasteiger partial charge < -0.3 is 9.84 Å². The van der Waals surface area contributed by atoms with Gasteiger partial charge in [-0.15, -0.1) is 0 Å². The molecule has 2 aliphatic rings. The fourth-order valence-electron chi connectivity index (χ4n) is 3.61. The molecule has 0 fully saturated rings. The van der Waals surface area contributed by atoms with Gasteiger partial charge in [-0.1, -0.05) is 18.6 Å². The molecule has 3 rings (SSSR count). The van der Waals surface area contributed by atoms with Gasteiger partial charge in [0.15, 0.2) is 0 Å². The van der Waals surface area contributed by atoms with Gasteiger partial charge in [-0.25, -0.2) is 4.39 Å². The molecule has 1 aliphatic heterocycles. The van der Waals surface area contributed by atoms with Gasteiger partial charge in [0.1, 0.15) is 17.7 Å². The minimum atomic E-state index is -0.550. The van der Waals surface area contributed by atoms with Gasteiger partial charge in [-0.3, -0.25) is 0 Å². The van der Waals surface area contributed by atoms with Crippen molar-refractivity contribution in [3.63, 3.8) is 0 Å². The molecule has 3 heteroatoms. The molecule has 0 bridgehead atoms. The summed E-state index contributed by atoms with van der Waals surface area (Å²) >= 11 is 0. The SMILES string of the molecule is CC1=CC(C)CC(C2C[C@H](O)c3ccc(F)cc3O2)C1. The molecule has 1 N–H and O–H groups in total. The number of aliphatic hydroxyl groups is 1. The largest absolute Gasteiger partial charge is 0.490 e. The van der Waals surface area contributed by atoms with Crippen LogP contribution in [0, 0.1) is 17.7 Å². The minimum absolute atomic E-state index is 0.0228. The van der Waals surface area contributed by atoms with E-state index in [1.54, 1.807) is 6.07 Å². The molecule has 4 atom stereocenters. The number of aliphatic hydroxyl groups excluding tert-OH is 1. The van der Waals surface area contributed by atoms with Crippen LogP contribution in [0.4, 0.5) is 4.39 Å². The molecule has 0 amide bonds. The predicted octanol–water partition coefficient (Wildman–Crippen LogP) is 4.00. The average molecular weight is 276 g/mol. The first-order chi connectivity index (χ1) is 9.52. The minimum Gasteiger partial charge on any atom is -0.490 e. The number of rotatable bonds is 1. The van der Waals surface area contributed by atoms with Crippen LogP contribution in [-0.2, 0) is 0 Å². The van der Waals surface area contributed by atoms with Crippen molar-refractivity contribution in [2.45, 2.75) is 45.3 Å². The zero-order chi connectivity index (χ0) is 14.3. The van der Waals surface area contributed by atoms with E-state index in [-0.39, 0.29) is 11.9 Å². The molecule has 1 aromatic rings. The predicted molar refractivity (Wildman–Crippen MR) is 76.0 cm³/mol. The van der Waals surface area contributed by atoms with E-state index in [1.807, 2.05) is 0 Å². The van der Waals surface area contributed by atoms with Crippen molar-refractivity contribution >= 4 is 0 Å². The second-order valence-corrected chi connectivity index (χ2v) is 6.28. The molecule has 108 valence electrons. The molecule has 0 spiro atoms. The summed E-state index contributed by atoms with van der Waals surface area (Å²) in [6, 6.07) is 4.39. The van der Waals surface area contributed by atoms with Gasteiger partial charge in [0, 0.05) is 24.0 Å². The van der Waals surface area contributed by atoms with Gasteiger partial charge in [-0.05, 0) is 37.8 Å². The number of hydrogen-bond donors (Lipinski definition) is 1. The van der Waals surface area contributed by atoms with E-state index in [2.05, 4.69) is 19.9 Å². The molecule has 3 unspecified atom stereocenters. The van der Waals surface area contributed by atoms with Crippen LogP contribution in [0.3, 0.4) is 0 Å². The molecule has 0 saturated carbocycles. The highest BCUT2D eigenvalue weighted by atomic mass is 19.1. The summed E-state index contributed by atoms with van der Waals surface area (Å²) < 4.78 is 19.3. The van der Waals surface area contributed by atoms with E-state index in [0.29, 0.717) is 29.6 Å². The molecular formula is C17H21FO2. The van der Waals surface area contributed by atoms with Crippen LogP contribution in [0.15, 0.2) is 29.8 Å². The summed E-state index contributed by atoms with van der Waals surface area (Å²) in [5, 5.41) is 10.3. The van der Waals surface area contributed by atoms with E-state index in [9.17, 15) is 9.50 Å². The third-order valence-corrected chi connectivity index (χ3v) is 4.42. The molecule has 2 nitrogen and oxygen atoms in total. The topological polar surface area (TPSA) is 29.5 Å². The maximum Gasteiger partial charge on any atom is 0.128 e. The lowest BCUT2D eigenvalue weighted by atomic mass is 9.78. The molecule has 1 aromatic carbocycles. The normalized spacial score (nSPS) is 33.1. The van der Waals surface area contributed by atoms with Crippen LogP contribution in [0.2, 0.25) is 0 Å². The van der Waals surface area contributed by atoms with E-state index in [4.69, 9.17) is 4.74 Å². The number of fused-ring (bicyclic) bond motifs is 1. The maximum absolute atomic E-state index is 13.3. The first kappa shape index (κ1) is 13.6. The fraction of sp³-hybridized carbons (Fsp3) is 0.529. The van der Waals surface area contributed by atoms with E-state index < -0.39 is 6.10 Å².